The van der Waals surface area contributed by atoms with Gasteiger partial charge in [0.1, 0.15) is 5.82 Å². The molecule has 2 N–H and O–H groups in total. The lowest BCUT2D eigenvalue weighted by Crippen LogP contribution is -2.43. The molecule has 0 spiro atoms. The zero-order valence-corrected chi connectivity index (χ0v) is 11.3. The lowest BCUT2D eigenvalue weighted by Gasteiger charge is -2.25. The molecule has 1 amide bonds. The summed E-state index contributed by atoms with van der Waals surface area (Å²) in [6, 6.07) is 4.26. The summed E-state index contributed by atoms with van der Waals surface area (Å²) < 4.78 is 13.4. The molecule has 5 heteroatoms. The van der Waals surface area contributed by atoms with E-state index in [1.165, 1.54) is 12.1 Å². The highest BCUT2D eigenvalue weighted by atomic mass is 19.1. The van der Waals surface area contributed by atoms with Crippen LogP contribution >= 0.6 is 0 Å². The average molecular weight is 267 g/mol. The van der Waals surface area contributed by atoms with Gasteiger partial charge in [0.2, 0.25) is 0 Å². The first-order chi connectivity index (χ1) is 8.71. The van der Waals surface area contributed by atoms with Crippen molar-refractivity contribution >= 4 is 11.9 Å². The summed E-state index contributed by atoms with van der Waals surface area (Å²) in [4.78, 5) is 22.5. The van der Waals surface area contributed by atoms with Gasteiger partial charge in [-0.05, 0) is 44.9 Å². The molecule has 4 nitrogen and oxygen atoms in total. The van der Waals surface area contributed by atoms with Crippen molar-refractivity contribution in [1.82, 2.24) is 5.32 Å². The number of carboxylic acids is 1. The van der Waals surface area contributed by atoms with Crippen LogP contribution in [0.15, 0.2) is 18.2 Å². The Morgan fingerprint density at radius 1 is 1.37 bits per heavy atom. The van der Waals surface area contributed by atoms with Gasteiger partial charge in [-0.3, -0.25) is 9.59 Å². The maximum Gasteiger partial charge on any atom is 0.303 e. The van der Waals surface area contributed by atoms with E-state index in [2.05, 4.69) is 5.32 Å². The fraction of sp³-hybridized carbons (Fsp3) is 0.429. The summed E-state index contributed by atoms with van der Waals surface area (Å²) in [7, 11) is 0. The number of benzene rings is 1. The predicted octanol–water partition coefficient (Wildman–Crippen LogP) is 2.51. The number of hydrogen-bond donors (Lipinski definition) is 2. The molecule has 0 aliphatic heterocycles. The van der Waals surface area contributed by atoms with Crippen LogP contribution in [0.3, 0.4) is 0 Å². The Labute approximate surface area is 111 Å². The maximum atomic E-state index is 13.4. The van der Waals surface area contributed by atoms with E-state index >= 15 is 0 Å². The molecule has 19 heavy (non-hydrogen) atoms. The highest BCUT2D eigenvalue weighted by Crippen LogP contribution is 2.14. The van der Waals surface area contributed by atoms with E-state index in [4.69, 9.17) is 5.11 Å². The van der Waals surface area contributed by atoms with Crippen molar-refractivity contribution < 1.29 is 19.1 Å². The number of halogens is 1. The van der Waals surface area contributed by atoms with Gasteiger partial charge in [-0.1, -0.05) is 6.07 Å². The van der Waals surface area contributed by atoms with Crippen LogP contribution in [-0.2, 0) is 4.79 Å². The standard InChI is InChI=1S/C14H18FNO3/c1-9-4-5-10(8-11(9)15)13(19)16-14(2,3)7-6-12(17)18/h4-5,8H,6-7H2,1-3H3,(H,16,19)(H,17,18). The van der Waals surface area contributed by atoms with Gasteiger partial charge >= 0.3 is 5.97 Å². The second-order valence-electron chi connectivity index (χ2n) is 5.20. The highest BCUT2D eigenvalue weighted by molar-refractivity contribution is 5.94. The third-order valence-corrected chi connectivity index (χ3v) is 2.85. The lowest BCUT2D eigenvalue weighted by molar-refractivity contribution is -0.137. The zero-order valence-electron chi connectivity index (χ0n) is 11.3. The smallest absolute Gasteiger partial charge is 0.303 e. The molecule has 0 saturated heterocycles. The molecule has 0 atom stereocenters. The first kappa shape index (κ1) is 15.1. The molecule has 0 aliphatic rings. The summed E-state index contributed by atoms with van der Waals surface area (Å²) in [5.41, 5.74) is 0.0461. The lowest BCUT2D eigenvalue weighted by atomic mass is 9.97. The summed E-state index contributed by atoms with van der Waals surface area (Å²) in [5.74, 6) is -1.76. The van der Waals surface area contributed by atoms with Crippen molar-refractivity contribution in [2.24, 2.45) is 0 Å². The van der Waals surface area contributed by atoms with Gasteiger partial charge in [0.15, 0.2) is 0 Å². The van der Waals surface area contributed by atoms with Gasteiger partial charge in [0.05, 0.1) is 0 Å². The third-order valence-electron chi connectivity index (χ3n) is 2.85. The van der Waals surface area contributed by atoms with Crippen LogP contribution in [0.4, 0.5) is 4.39 Å². The highest BCUT2D eigenvalue weighted by Gasteiger charge is 2.22. The van der Waals surface area contributed by atoms with Crippen LogP contribution in [-0.4, -0.2) is 22.5 Å². The fourth-order valence-corrected chi connectivity index (χ4v) is 1.60. The predicted molar refractivity (Wildman–Crippen MR) is 69.6 cm³/mol. The van der Waals surface area contributed by atoms with Gasteiger partial charge in [-0.2, -0.15) is 0 Å². The Kier molecular flexibility index (Phi) is 4.64. The van der Waals surface area contributed by atoms with Crippen LogP contribution in [0.5, 0.6) is 0 Å². The number of aliphatic carboxylic acids is 1. The number of aryl methyl sites for hydroxylation is 1. The molecule has 1 aromatic carbocycles. The Morgan fingerprint density at radius 3 is 2.53 bits per heavy atom. The van der Waals surface area contributed by atoms with Crippen molar-refractivity contribution in [2.45, 2.75) is 39.2 Å². The van der Waals surface area contributed by atoms with E-state index in [9.17, 15) is 14.0 Å². The average Bonchev–Trinajstić information content (AvgIpc) is 2.29. The molecule has 0 unspecified atom stereocenters. The quantitative estimate of drug-likeness (QED) is 0.861. The molecule has 1 aromatic rings. The van der Waals surface area contributed by atoms with E-state index in [0.717, 1.165) is 0 Å². The summed E-state index contributed by atoms with van der Waals surface area (Å²) in [6.45, 7) is 5.09. The van der Waals surface area contributed by atoms with Crippen molar-refractivity contribution in [3.8, 4) is 0 Å². The van der Waals surface area contributed by atoms with E-state index in [1.807, 2.05) is 0 Å². The SMILES string of the molecule is Cc1ccc(C(=O)NC(C)(C)CCC(=O)O)cc1F. The van der Waals surface area contributed by atoms with Crippen molar-refractivity contribution in [3.05, 3.63) is 35.1 Å². The largest absolute Gasteiger partial charge is 0.481 e. The molecule has 104 valence electrons. The second-order valence-corrected chi connectivity index (χ2v) is 5.20. The topological polar surface area (TPSA) is 66.4 Å². The van der Waals surface area contributed by atoms with E-state index in [-0.39, 0.29) is 12.0 Å². The van der Waals surface area contributed by atoms with Crippen molar-refractivity contribution in [2.75, 3.05) is 0 Å². The minimum absolute atomic E-state index is 0.0322. The second kappa shape index (κ2) is 5.82. The van der Waals surface area contributed by atoms with Gasteiger partial charge < -0.3 is 10.4 Å². The van der Waals surface area contributed by atoms with Crippen molar-refractivity contribution in [1.29, 1.82) is 0 Å². The Bertz CT molecular complexity index is 497. The minimum atomic E-state index is -0.913. The maximum absolute atomic E-state index is 13.4. The Balaban J connectivity index is 2.72. The number of carbonyl (C=O) groups excluding carboxylic acids is 1. The van der Waals surface area contributed by atoms with E-state index in [0.29, 0.717) is 12.0 Å². The van der Waals surface area contributed by atoms with Crippen LogP contribution in [0.25, 0.3) is 0 Å². The third kappa shape index (κ3) is 4.69. The molecule has 0 heterocycles. The summed E-state index contributed by atoms with van der Waals surface area (Å²) in [5, 5.41) is 11.3. The van der Waals surface area contributed by atoms with Gasteiger partial charge in [-0.25, -0.2) is 4.39 Å². The molecule has 0 radical (unpaired) electrons. The number of nitrogens with one attached hydrogen (secondary N) is 1. The number of carbonyl (C=O) groups is 2. The van der Waals surface area contributed by atoms with Gasteiger partial charge in [0, 0.05) is 17.5 Å². The van der Waals surface area contributed by atoms with E-state index < -0.39 is 23.2 Å². The Morgan fingerprint density at radius 2 is 2.00 bits per heavy atom. The first-order valence-electron chi connectivity index (χ1n) is 6.02. The zero-order chi connectivity index (χ0) is 14.6. The van der Waals surface area contributed by atoms with Gasteiger partial charge in [-0.15, -0.1) is 0 Å². The molecule has 0 aromatic heterocycles. The molecule has 0 saturated carbocycles. The van der Waals surface area contributed by atoms with Gasteiger partial charge in [0.25, 0.3) is 5.91 Å². The van der Waals surface area contributed by atoms with Crippen LogP contribution in [0.1, 0.15) is 42.6 Å². The summed E-state index contributed by atoms with van der Waals surface area (Å²) in [6.07, 6.45) is 0.276. The monoisotopic (exact) mass is 267 g/mol. The van der Waals surface area contributed by atoms with Crippen LogP contribution in [0.2, 0.25) is 0 Å². The summed E-state index contributed by atoms with van der Waals surface area (Å²) >= 11 is 0. The van der Waals surface area contributed by atoms with E-state index in [1.54, 1.807) is 26.8 Å². The molecule has 0 aliphatic carbocycles. The van der Waals surface area contributed by atoms with Crippen LogP contribution < -0.4 is 5.32 Å². The molecule has 0 bridgehead atoms. The number of carboxylic acid groups (broad SMARTS) is 1. The molecule has 0 fully saturated rings. The molecular weight excluding hydrogens is 249 g/mol. The first-order valence-corrected chi connectivity index (χ1v) is 6.02. The molecular formula is C14H18FNO3. The normalized spacial score (nSPS) is 11.2. The number of rotatable bonds is 5. The van der Waals surface area contributed by atoms with Crippen molar-refractivity contribution in [3.63, 3.8) is 0 Å². The van der Waals surface area contributed by atoms with Crippen LogP contribution in [0, 0.1) is 12.7 Å². The fourth-order valence-electron chi connectivity index (χ4n) is 1.60. The minimum Gasteiger partial charge on any atom is -0.481 e. The molecule has 1 rings (SSSR count). The number of amides is 1. The number of hydrogen-bond acceptors (Lipinski definition) is 2. The Hall–Kier alpha value is -1.91.